The largest absolute Gasteiger partial charge is 0.315 e. The van der Waals surface area contributed by atoms with E-state index >= 15 is 0 Å². The maximum absolute atomic E-state index is 3.63. The third kappa shape index (κ3) is 5.86. The minimum absolute atomic E-state index is 0.666. The molecule has 2 heteroatoms. The first-order valence-electron chi connectivity index (χ1n) is 7.11. The van der Waals surface area contributed by atoms with Crippen molar-refractivity contribution in [1.29, 1.82) is 0 Å². The Hall–Kier alpha value is -0.0800. The van der Waals surface area contributed by atoms with Crippen LogP contribution in [0.3, 0.4) is 0 Å². The monoisotopic (exact) mass is 226 g/mol. The molecule has 1 fully saturated rings. The molecule has 0 atom stereocenters. The summed E-state index contributed by atoms with van der Waals surface area (Å²) in [5, 5.41) is 3.63. The van der Waals surface area contributed by atoms with E-state index < -0.39 is 0 Å². The van der Waals surface area contributed by atoms with Gasteiger partial charge in [0.05, 0.1) is 0 Å². The van der Waals surface area contributed by atoms with E-state index in [9.17, 15) is 0 Å². The van der Waals surface area contributed by atoms with E-state index in [0.29, 0.717) is 6.04 Å². The van der Waals surface area contributed by atoms with Crippen LogP contribution in [0.4, 0.5) is 0 Å². The molecule has 0 heterocycles. The van der Waals surface area contributed by atoms with E-state index in [1.165, 1.54) is 51.6 Å². The van der Waals surface area contributed by atoms with Gasteiger partial charge in [0, 0.05) is 19.1 Å². The van der Waals surface area contributed by atoms with Crippen molar-refractivity contribution < 1.29 is 0 Å². The van der Waals surface area contributed by atoms with E-state index in [4.69, 9.17) is 0 Å². The number of nitrogens with one attached hydrogen (secondary N) is 1. The molecular weight excluding hydrogens is 196 g/mol. The Morgan fingerprint density at radius 2 is 1.75 bits per heavy atom. The van der Waals surface area contributed by atoms with Crippen molar-refractivity contribution in [2.75, 3.05) is 26.7 Å². The lowest BCUT2D eigenvalue weighted by Crippen LogP contribution is -2.35. The van der Waals surface area contributed by atoms with Crippen LogP contribution in [0.25, 0.3) is 0 Å². The van der Waals surface area contributed by atoms with Gasteiger partial charge in [0.15, 0.2) is 0 Å². The number of hydrogen-bond donors (Lipinski definition) is 1. The average molecular weight is 226 g/mol. The Kier molecular flexibility index (Phi) is 7.06. The van der Waals surface area contributed by atoms with E-state index in [1.807, 2.05) is 0 Å². The van der Waals surface area contributed by atoms with Crippen LogP contribution < -0.4 is 5.32 Å². The Morgan fingerprint density at radius 3 is 2.31 bits per heavy atom. The molecule has 0 unspecified atom stereocenters. The molecular formula is C14H30N2. The van der Waals surface area contributed by atoms with Gasteiger partial charge in [0.1, 0.15) is 0 Å². The summed E-state index contributed by atoms with van der Waals surface area (Å²) in [6.07, 6.45) is 8.75. The minimum Gasteiger partial charge on any atom is -0.315 e. The molecule has 0 spiro atoms. The number of likely N-dealkylation sites (N-methyl/N-ethyl adjacent to an activating group) is 1. The zero-order valence-corrected chi connectivity index (χ0v) is 11.5. The molecule has 0 aliphatic heterocycles. The van der Waals surface area contributed by atoms with Crippen molar-refractivity contribution in [3.8, 4) is 0 Å². The lowest BCUT2D eigenvalue weighted by molar-refractivity contribution is 0.269. The van der Waals surface area contributed by atoms with Gasteiger partial charge in [0.25, 0.3) is 0 Å². The van der Waals surface area contributed by atoms with E-state index in [0.717, 1.165) is 12.5 Å². The SMILES string of the molecule is CC(C)N(C)CCNCC1CCCCCC1. The summed E-state index contributed by atoms with van der Waals surface area (Å²) in [5.41, 5.74) is 0. The van der Waals surface area contributed by atoms with E-state index in [-0.39, 0.29) is 0 Å². The highest BCUT2D eigenvalue weighted by Gasteiger charge is 2.11. The fraction of sp³-hybridized carbons (Fsp3) is 1.00. The summed E-state index contributed by atoms with van der Waals surface area (Å²) >= 11 is 0. The zero-order chi connectivity index (χ0) is 11.8. The van der Waals surface area contributed by atoms with Crippen molar-refractivity contribution in [2.45, 2.75) is 58.4 Å². The van der Waals surface area contributed by atoms with Gasteiger partial charge in [0.2, 0.25) is 0 Å². The van der Waals surface area contributed by atoms with Crippen LogP contribution in [0.15, 0.2) is 0 Å². The number of rotatable bonds is 6. The fourth-order valence-electron chi connectivity index (χ4n) is 2.39. The summed E-state index contributed by atoms with van der Waals surface area (Å²) in [4.78, 5) is 2.40. The van der Waals surface area contributed by atoms with E-state index in [2.05, 4.69) is 31.1 Å². The molecule has 1 N–H and O–H groups in total. The smallest absolute Gasteiger partial charge is 0.0106 e. The summed E-state index contributed by atoms with van der Waals surface area (Å²) in [6.45, 7) is 8.07. The van der Waals surface area contributed by atoms with Crippen molar-refractivity contribution >= 4 is 0 Å². The Bertz CT molecular complexity index is 160. The van der Waals surface area contributed by atoms with Gasteiger partial charge in [-0.3, -0.25) is 0 Å². The third-order valence-corrected chi connectivity index (χ3v) is 3.93. The molecule has 0 aromatic rings. The lowest BCUT2D eigenvalue weighted by Gasteiger charge is -2.22. The standard InChI is InChI=1S/C14H30N2/c1-13(2)16(3)11-10-15-12-14-8-6-4-5-7-9-14/h13-15H,4-12H2,1-3H3. The van der Waals surface area contributed by atoms with Gasteiger partial charge in [-0.1, -0.05) is 25.7 Å². The molecule has 1 saturated carbocycles. The van der Waals surface area contributed by atoms with E-state index in [1.54, 1.807) is 0 Å². The molecule has 16 heavy (non-hydrogen) atoms. The minimum atomic E-state index is 0.666. The van der Waals surface area contributed by atoms with Crippen molar-refractivity contribution in [3.63, 3.8) is 0 Å². The molecule has 1 aliphatic carbocycles. The molecule has 96 valence electrons. The highest BCUT2D eigenvalue weighted by molar-refractivity contribution is 4.67. The molecule has 0 radical (unpaired) electrons. The third-order valence-electron chi connectivity index (χ3n) is 3.93. The normalized spacial score (nSPS) is 19.3. The molecule has 1 rings (SSSR count). The van der Waals surface area contributed by atoms with Crippen LogP contribution in [0, 0.1) is 5.92 Å². The van der Waals surface area contributed by atoms with Crippen LogP contribution in [-0.2, 0) is 0 Å². The second kappa shape index (κ2) is 8.08. The molecule has 1 aliphatic rings. The maximum Gasteiger partial charge on any atom is 0.0106 e. The van der Waals surface area contributed by atoms with Crippen LogP contribution in [0.1, 0.15) is 52.4 Å². The summed E-state index contributed by atoms with van der Waals surface area (Å²) < 4.78 is 0. The van der Waals surface area contributed by atoms with Gasteiger partial charge in [-0.15, -0.1) is 0 Å². The van der Waals surface area contributed by atoms with Gasteiger partial charge in [-0.2, -0.15) is 0 Å². The second-order valence-electron chi connectivity index (χ2n) is 5.64. The van der Waals surface area contributed by atoms with Crippen molar-refractivity contribution in [1.82, 2.24) is 10.2 Å². The molecule has 0 saturated heterocycles. The van der Waals surface area contributed by atoms with Crippen LogP contribution in [0.2, 0.25) is 0 Å². The predicted molar refractivity (Wildman–Crippen MR) is 71.8 cm³/mol. The summed E-state index contributed by atoms with van der Waals surface area (Å²) in [6, 6.07) is 0.666. The highest BCUT2D eigenvalue weighted by atomic mass is 15.1. The molecule has 0 bridgehead atoms. The Balaban J connectivity index is 2.01. The zero-order valence-electron chi connectivity index (χ0n) is 11.5. The first-order valence-corrected chi connectivity index (χ1v) is 7.11. The number of nitrogens with zero attached hydrogens (tertiary/aromatic N) is 1. The topological polar surface area (TPSA) is 15.3 Å². The van der Waals surface area contributed by atoms with Gasteiger partial charge < -0.3 is 10.2 Å². The summed E-state index contributed by atoms with van der Waals surface area (Å²) in [7, 11) is 2.21. The second-order valence-corrected chi connectivity index (χ2v) is 5.64. The van der Waals surface area contributed by atoms with Crippen molar-refractivity contribution in [3.05, 3.63) is 0 Å². The van der Waals surface area contributed by atoms with Crippen molar-refractivity contribution in [2.24, 2.45) is 5.92 Å². The van der Waals surface area contributed by atoms with Crippen LogP contribution >= 0.6 is 0 Å². The van der Waals surface area contributed by atoms with Crippen LogP contribution in [0.5, 0.6) is 0 Å². The average Bonchev–Trinajstić information content (AvgIpc) is 2.52. The predicted octanol–water partition coefficient (Wildman–Crippen LogP) is 2.89. The number of hydrogen-bond acceptors (Lipinski definition) is 2. The molecule has 0 aromatic carbocycles. The first kappa shape index (κ1) is 14.0. The molecule has 0 aromatic heterocycles. The summed E-state index contributed by atoms with van der Waals surface area (Å²) in [5.74, 6) is 0.951. The molecule has 0 amide bonds. The Labute approximate surface area is 102 Å². The first-order chi connectivity index (χ1) is 7.70. The van der Waals surface area contributed by atoms with Gasteiger partial charge in [-0.25, -0.2) is 0 Å². The van der Waals surface area contributed by atoms with Gasteiger partial charge in [-0.05, 0) is 46.2 Å². The van der Waals surface area contributed by atoms with Crippen LogP contribution in [-0.4, -0.2) is 37.6 Å². The lowest BCUT2D eigenvalue weighted by atomic mass is 10.0. The molecule has 2 nitrogen and oxygen atoms in total. The highest BCUT2D eigenvalue weighted by Crippen LogP contribution is 2.21. The Morgan fingerprint density at radius 1 is 1.12 bits per heavy atom. The maximum atomic E-state index is 3.63. The van der Waals surface area contributed by atoms with Gasteiger partial charge >= 0.3 is 0 Å². The fourth-order valence-corrected chi connectivity index (χ4v) is 2.39. The quantitative estimate of drug-likeness (QED) is 0.553.